The van der Waals surface area contributed by atoms with Gasteiger partial charge in [0.1, 0.15) is 11.3 Å². The third kappa shape index (κ3) is 3.86. The molecule has 2 aliphatic heterocycles. The number of carbonyl (C=O) groups excluding carboxylic acids is 1. The topological polar surface area (TPSA) is 85.4 Å². The number of furan rings is 1. The Bertz CT molecular complexity index is 1410. The van der Waals surface area contributed by atoms with E-state index in [0.29, 0.717) is 25.5 Å². The molecule has 1 saturated heterocycles. The number of hydrogen-bond donors (Lipinski definition) is 1. The van der Waals surface area contributed by atoms with Crippen molar-refractivity contribution in [2.75, 3.05) is 37.7 Å². The first-order chi connectivity index (χ1) is 16.6. The molecule has 0 saturated carbocycles. The minimum atomic E-state index is -0.0935. The van der Waals surface area contributed by atoms with Crippen LogP contribution in [0.25, 0.3) is 33.7 Å². The molecule has 0 atom stereocenters. The molecule has 0 bridgehead atoms. The first-order valence-electron chi connectivity index (χ1n) is 11.5. The van der Waals surface area contributed by atoms with Gasteiger partial charge in [-0.25, -0.2) is 9.67 Å². The van der Waals surface area contributed by atoms with Crippen LogP contribution in [0.2, 0.25) is 0 Å². The number of fused-ring (bicyclic) bond motifs is 1. The van der Waals surface area contributed by atoms with Gasteiger partial charge in [0.15, 0.2) is 11.4 Å². The fourth-order valence-electron chi connectivity index (χ4n) is 4.51. The summed E-state index contributed by atoms with van der Waals surface area (Å²) in [4.78, 5) is 19.0. The van der Waals surface area contributed by atoms with Crippen molar-refractivity contribution in [2.24, 2.45) is 0 Å². The maximum atomic E-state index is 11.9. The maximum Gasteiger partial charge on any atom is 0.244 e. The van der Waals surface area contributed by atoms with Crippen LogP contribution in [0.15, 0.2) is 59.2 Å². The molecule has 1 N–H and O–H groups in total. The summed E-state index contributed by atoms with van der Waals surface area (Å²) in [5.74, 6) is 1.31. The highest BCUT2D eigenvalue weighted by atomic mass is 16.5. The Balaban J connectivity index is 1.45. The molecule has 34 heavy (non-hydrogen) atoms. The number of rotatable bonds is 4. The lowest BCUT2D eigenvalue weighted by molar-refractivity contribution is -0.116. The van der Waals surface area contributed by atoms with Crippen molar-refractivity contribution in [3.63, 3.8) is 0 Å². The number of anilines is 1. The van der Waals surface area contributed by atoms with Gasteiger partial charge < -0.3 is 19.4 Å². The van der Waals surface area contributed by atoms with E-state index >= 15 is 0 Å². The summed E-state index contributed by atoms with van der Waals surface area (Å²) in [5.41, 5.74) is 6.47. The van der Waals surface area contributed by atoms with E-state index < -0.39 is 0 Å². The van der Waals surface area contributed by atoms with Crippen LogP contribution in [0.4, 0.5) is 5.69 Å². The molecule has 8 heteroatoms. The summed E-state index contributed by atoms with van der Waals surface area (Å²) >= 11 is 0. The van der Waals surface area contributed by atoms with Crippen molar-refractivity contribution in [2.45, 2.75) is 13.3 Å². The second-order valence-electron chi connectivity index (χ2n) is 8.65. The van der Waals surface area contributed by atoms with Crippen LogP contribution in [-0.4, -0.2) is 53.5 Å². The molecule has 4 aromatic rings. The van der Waals surface area contributed by atoms with Crippen LogP contribution in [0.5, 0.6) is 0 Å². The summed E-state index contributed by atoms with van der Waals surface area (Å²) < 4.78 is 13.7. The SMILES string of the molecule is Cc1cccc(-c2ccn(-c3cc(N4CCOCC4)c4oc(C5=CC(=O)NCC5)cc4n3)n2)c1. The number of nitrogens with one attached hydrogen (secondary N) is 1. The molecular weight excluding hydrogens is 430 g/mol. The first-order valence-corrected chi connectivity index (χ1v) is 11.5. The molecule has 1 amide bonds. The van der Waals surface area contributed by atoms with E-state index in [9.17, 15) is 4.79 Å². The van der Waals surface area contributed by atoms with E-state index in [0.717, 1.165) is 58.9 Å². The largest absolute Gasteiger partial charge is 0.453 e. The van der Waals surface area contributed by atoms with Crippen molar-refractivity contribution in [3.05, 3.63) is 66.1 Å². The molecule has 0 spiro atoms. The number of amides is 1. The number of carbonyl (C=O) groups is 1. The molecule has 3 aromatic heterocycles. The van der Waals surface area contributed by atoms with E-state index in [1.165, 1.54) is 5.56 Å². The van der Waals surface area contributed by atoms with Crippen LogP contribution >= 0.6 is 0 Å². The molecule has 2 aliphatic rings. The maximum absolute atomic E-state index is 11.9. The Morgan fingerprint density at radius 1 is 1.09 bits per heavy atom. The second kappa shape index (κ2) is 8.46. The lowest BCUT2D eigenvalue weighted by atomic mass is 10.1. The van der Waals surface area contributed by atoms with Gasteiger partial charge in [-0.05, 0) is 25.5 Å². The fourth-order valence-corrected chi connectivity index (χ4v) is 4.51. The standard InChI is InChI=1S/C26H25N5O3/c1-17-3-2-4-18(13-17)20-6-8-31(29-20)24-16-22(30-9-11-33-12-10-30)26-21(28-24)15-23(34-26)19-5-7-27-25(32)14-19/h2-4,6,8,13-16H,5,7,9-12H2,1H3,(H,27,32). The third-order valence-electron chi connectivity index (χ3n) is 6.25. The van der Waals surface area contributed by atoms with Gasteiger partial charge in [0.05, 0.1) is 24.6 Å². The Morgan fingerprint density at radius 2 is 1.97 bits per heavy atom. The van der Waals surface area contributed by atoms with Gasteiger partial charge in [-0.1, -0.05) is 23.8 Å². The van der Waals surface area contributed by atoms with Gasteiger partial charge in [0, 0.05) is 55.2 Å². The number of pyridine rings is 1. The van der Waals surface area contributed by atoms with E-state index in [1.807, 2.05) is 30.5 Å². The van der Waals surface area contributed by atoms with Crippen LogP contribution < -0.4 is 10.2 Å². The number of hydrogen-bond acceptors (Lipinski definition) is 6. The Labute approximate surface area is 196 Å². The Morgan fingerprint density at radius 3 is 2.79 bits per heavy atom. The molecule has 0 unspecified atom stereocenters. The van der Waals surface area contributed by atoms with Gasteiger partial charge >= 0.3 is 0 Å². The number of nitrogens with zero attached hydrogens (tertiary/aromatic N) is 4. The molecule has 6 rings (SSSR count). The molecule has 0 aliphatic carbocycles. The highest BCUT2D eigenvalue weighted by molar-refractivity contribution is 5.98. The minimum Gasteiger partial charge on any atom is -0.453 e. The summed E-state index contributed by atoms with van der Waals surface area (Å²) in [6.45, 7) is 5.55. The summed E-state index contributed by atoms with van der Waals surface area (Å²) in [6, 6.07) is 14.3. The fraction of sp³-hybridized carbons (Fsp3) is 0.269. The van der Waals surface area contributed by atoms with Crippen molar-refractivity contribution < 1.29 is 13.9 Å². The summed E-state index contributed by atoms with van der Waals surface area (Å²) in [5, 5.41) is 7.63. The van der Waals surface area contributed by atoms with Crippen LogP contribution in [0.3, 0.4) is 0 Å². The van der Waals surface area contributed by atoms with E-state index in [4.69, 9.17) is 19.2 Å². The normalized spacial score (nSPS) is 16.6. The molecular formula is C26H25N5O3. The van der Waals surface area contributed by atoms with Crippen LogP contribution in [0, 0.1) is 6.92 Å². The van der Waals surface area contributed by atoms with Gasteiger partial charge in [0.25, 0.3) is 0 Å². The highest BCUT2D eigenvalue weighted by Gasteiger charge is 2.22. The number of benzene rings is 1. The van der Waals surface area contributed by atoms with Crippen molar-refractivity contribution >= 4 is 28.3 Å². The first kappa shape index (κ1) is 20.7. The van der Waals surface area contributed by atoms with E-state index in [-0.39, 0.29) is 5.91 Å². The molecule has 172 valence electrons. The van der Waals surface area contributed by atoms with E-state index in [2.05, 4.69) is 35.3 Å². The Kier molecular flexibility index (Phi) is 5.15. The zero-order valence-electron chi connectivity index (χ0n) is 19.0. The lowest BCUT2D eigenvalue weighted by Gasteiger charge is -2.29. The van der Waals surface area contributed by atoms with Crippen molar-refractivity contribution in [3.8, 4) is 17.1 Å². The third-order valence-corrected chi connectivity index (χ3v) is 6.25. The van der Waals surface area contributed by atoms with Gasteiger partial charge in [-0.2, -0.15) is 5.10 Å². The molecule has 1 fully saturated rings. The number of aromatic nitrogens is 3. The lowest BCUT2D eigenvalue weighted by Crippen LogP contribution is -2.36. The summed E-state index contributed by atoms with van der Waals surface area (Å²) in [7, 11) is 0. The van der Waals surface area contributed by atoms with E-state index in [1.54, 1.807) is 10.8 Å². The van der Waals surface area contributed by atoms with Crippen LogP contribution in [-0.2, 0) is 9.53 Å². The average molecular weight is 456 g/mol. The monoisotopic (exact) mass is 455 g/mol. The van der Waals surface area contributed by atoms with Crippen molar-refractivity contribution in [1.82, 2.24) is 20.1 Å². The summed E-state index contributed by atoms with van der Waals surface area (Å²) in [6.07, 6.45) is 4.27. The molecule has 1 aromatic carbocycles. The zero-order chi connectivity index (χ0) is 23.1. The quantitative estimate of drug-likeness (QED) is 0.505. The number of aryl methyl sites for hydroxylation is 1. The highest BCUT2D eigenvalue weighted by Crippen LogP contribution is 2.34. The molecule has 5 heterocycles. The number of morpholine rings is 1. The van der Waals surface area contributed by atoms with Gasteiger partial charge in [-0.15, -0.1) is 0 Å². The van der Waals surface area contributed by atoms with Crippen LogP contribution in [0.1, 0.15) is 17.7 Å². The smallest absolute Gasteiger partial charge is 0.244 e. The van der Waals surface area contributed by atoms with Crippen molar-refractivity contribution in [1.29, 1.82) is 0 Å². The van der Waals surface area contributed by atoms with Gasteiger partial charge in [-0.3, -0.25) is 4.79 Å². The number of ether oxygens (including phenoxy) is 1. The minimum absolute atomic E-state index is 0.0935. The molecule has 0 radical (unpaired) electrons. The Hall–Kier alpha value is -3.91. The second-order valence-corrected chi connectivity index (χ2v) is 8.65. The molecule has 8 nitrogen and oxygen atoms in total. The van der Waals surface area contributed by atoms with Gasteiger partial charge in [0.2, 0.25) is 5.91 Å². The average Bonchev–Trinajstić information content (AvgIpc) is 3.52. The predicted octanol–water partition coefficient (Wildman–Crippen LogP) is 3.73. The zero-order valence-corrected chi connectivity index (χ0v) is 19.0. The predicted molar refractivity (Wildman–Crippen MR) is 130 cm³/mol.